The van der Waals surface area contributed by atoms with Gasteiger partial charge in [0, 0.05) is 6.20 Å². The normalized spacial score (nSPS) is 16.3. The van der Waals surface area contributed by atoms with Crippen molar-refractivity contribution in [1.29, 1.82) is 0 Å². The smallest absolute Gasteiger partial charge is 0.237 e. The third-order valence-corrected chi connectivity index (χ3v) is 4.62. The molecule has 0 bridgehead atoms. The molecule has 1 aromatic heterocycles. The van der Waals surface area contributed by atoms with Crippen molar-refractivity contribution in [3.05, 3.63) is 18.0 Å². The van der Waals surface area contributed by atoms with Crippen molar-refractivity contribution in [3.63, 3.8) is 0 Å². The van der Waals surface area contributed by atoms with Crippen molar-refractivity contribution in [2.45, 2.75) is 37.4 Å². The van der Waals surface area contributed by atoms with Crippen molar-refractivity contribution in [2.75, 3.05) is 4.72 Å². The molecule has 18 heavy (non-hydrogen) atoms. The number of anilines is 1. The molecule has 0 radical (unpaired) electrons. The van der Waals surface area contributed by atoms with Gasteiger partial charge in [-0.25, -0.2) is 18.4 Å². The third kappa shape index (κ3) is 2.66. The minimum atomic E-state index is -3.37. The molecule has 0 spiro atoms. The topological polar surface area (TPSA) is 89.0 Å². The van der Waals surface area contributed by atoms with Crippen LogP contribution in [0.4, 0.5) is 5.95 Å². The molecular weight excluding hydrogens is 254 g/mol. The zero-order valence-corrected chi connectivity index (χ0v) is 11.1. The van der Waals surface area contributed by atoms with E-state index in [1.165, 1.54) is 6.20 Å². The molecule has 2 rings (SSSR count). The SMILES string of the molecule is CC(C)(C=O)c1ccnc(NS(=O)(=O)C2CC2)n1. The maximum atomic E-state index is 11.7. The van der Waals surface area contributed by atoms with E-state index in [2.05, 4.69) is 14.7 Å². The second-order valence-electron chi connectivity index (χ2n) is 4.95. The molecule has 98 valence electrons. The lowest BCUT2D eigenvalue weighted by atomic mass is 9.91. The highest BCUT2D eigenvalue weighted by molar-refractivity contribution is 7.93. The van der Waals surface area contributed by atoms with E-state index in [-0.39, 0.29) is 11.2 Å². The fourth-order valence-electron chi connectivity index (χ4n) is 1.42. The Kier molecular flexibility index (Phi) is 3.10. The molecule has 0 aliphatic heterocycles. The summed E-state index contributed by atoms with van der Waals surface area (Å²) < 4.78 is 25.8. The van der Waals surface area contributed by atoms with Crippen LogP contribution >= 0.6 is 0 Å². The Bertz CT molecular complexity index is 565. The number of nitrogens with zero attached hydrogens (tertiary/aromatic N) is 2. The minimum Gasteiger partial charge on any atom is -0.302 e. The number of carbonyl (C=O) groups is 1. The van der Waals surface area contributed by atoms with E-state index in [4.69, 9.17) is 0 Å². The molecule has 1 aliphatic carbocycles. The Hall–Kier alpha value is -1.50. The average molecular weight is 269 g/mol. The van der Waals surface area contributed by atoms with Crippen LogP contribution in [-0.4, -0.2) is 29.9 Å². The lowest BCUT2D eigenvalue weighted by Gasteiger charge is -2.16. The van der Waals surface area contributed by atoms with E-state index in [0.29, 0.717) is 18.5 Å². The molecule has 0 aromatic carbocycles. The highest BCUT2D eigenvalue weighted by atomic mass is 32.2. The molecule has 0 saturated heterocycles. The number of aldehydes is 1. The first-order chi connectivity index (χ1) is 8.35. The largest absolute Gasteiger partial charge is 0.302 e. The number of nitrogens with one attached hydrogen (secondary N) is 1. The second-order valence-corrected chi connectivity index (χ2v) is 6.91. The minimum absolute atomic E-state index is 0.0225. The summed E-state index contributed by atoms with van der Waals surface area (Å²) in [5.41, 5.74) is -0.274. The van der Waals surface area contributed by atoms with Gasteiger partial charge in [-0.3, -0.25) is 4.72 Å². The van der Waals surface area contributed by atoms with Crippen LogP contribution in [0.1, 0.15) is 32.4 Å². The Morgan fingerprint density at radius 3 is 2.67 bits per heavy atom. The van der Waals surface area contributed by atoms with Crippen LogP contribution < -0.4 is 4.72 Å². The quantitative estimate of drug-likeness (QED) is 0.801. The van der Waals surface area contributed by atoms with Gasteiger partial charge in [-0.15, -0.1) is 0 Å². The average Bonchev–Trinajstić information content (AvgIpc) is 3.13. The fraction of sp³-hybridized carbons (Fsp3) is 0.545. The maximum absolute atomic E-state index is 11.7. The van der Waals surface area contributed by atoms with Gasteiger partial charge in [0.25, 0.3) is 0 Å². The molecule has 1 fully saturated rings. The standard InChI is InChI=1S/C11H15N3O3S/c1-11(2,7-15)9-5-6-12-10(13-9)14-18(16,17)8-3-4-8/h5-8H,3-4H2,1-2H3,(H,12,13,14). The molecule has 0 atom stereocenters. The fourth-order valence-corrected chi connectivity index (χ4v) is 2.69. The molecule has 7 heteroatoms. The second kappa shape index (κ2) is 4.31. The van der Waals surface area contributed by atoms with Crippen LogP contribution in [0, 0.1) is 0 Å². The highest BCUT2D eigenvalue weighted by Gasteiger charge is 2.36. The summed E-state index contributed by atoms with van der Waals surface area (Å²) in [5.74, 6) is 0.0225. The highest BCUT2D eigenvalue weighted by Crippen LogP contribution is 2.29. The predicted molar refractivity (Wildman–Crippen MR) is 66.7 cm³/mol. The molecule has 6 nitrogen and oxygen atoms in total. The number of rotatable bonds is 5. The lowest BCUT2D eigenvalue weighted by molar-refractivity contribution is -0.111. The van der Waals surface area contributed by atoms with Gasteiger partial charge >= 0.3 is 0 Å². The summed E-state index contributed by atoms with van der Waals surface area (Å²) in [5, 5.41) is -0.330. The molecule has 1 saturated carbocycles. The summed E-state index contributed by atoms with van der Waals surface area (Å²) in [6, 6.07) is 1.60. The molecule has 1 aromatic rings. The Labute approximate surface area is 106 Å². The Morgan fingerprint density at radius 2 is 2.11 bits per heavy atom. The summed E-state index contributed by atoms with van der Waals surface area (Å²) >= 11 is 0. The van der Waals surface area contributed by atoms with Gasteiger partial charge in [0.05, 0.1) is 16.4 Å². The first-order valence-corrected chi connectivity index (χ1v) is 7.21. The van der Waals surface area contributed by atoms with Crippen LogP contribution in [-0.2, 0) is 20.2 Å². The molecular formula is C11H15N3O3S. The summed E-state index contributed by atoms with van der Waals surface area (Å²) in [6.07, 6.45) is 3.57. The van der Waals surface area contributed by atoms with Crippen LogP contribution in [0.5, 0.6) is 0 Å². The van der Waals surface area contributed by atoms with E-state index >= 15 is 0 Å². The van der Waals surface area contributed by atoms with E-state index in [0.717, 1.165) is 6.29 Å². The summed E-state index contributed by atoms with van der Waals surface area (Å²) in [6.45, 7) is 3.42. The zero-order valence-electron chi connectivity index (χ0n) is 10.3. The Morgan fingerprint density at radius 1 is 1.44 bits per heavy atom. The monoisotopic (exact) mass is 269 g/mol. The van der Waals surface area contributed by atoms with Crippen molar-refractivity contribution in [1.82, 2.24) is 9.97 Å². The van der Waals surface area contributed by atoms with Crippen LogP contribution in [0.2, 0.25) is 0 Å². The third-order valence-electron chi connectivity index (χ3n) is 2.81. The predicted octanol–water partition coefficient (Wildman–Crippen LogP) is 0.857. The number of hydrogen-bond acceptors (Lipinski definition) is 5. The van der Waals surface area contributed by atoms with E-state index in [1.54, 1.807) is 19.9 Å². The first kappa shape index (κ1) is 12.9. The van der Waals surface area contributed by atoms with Crippen LogP contribution in [0.25, 0.3) is 0 Å². The van der Waals surface area contributed by atoms with Gasteiger partial charge < -0.3 is 4.79 Å². The van der Waals surface area contributed by atoms with Gasteiger partial charge in [-0.2, -0.15) is 0 Å². The first-order valence-electron chi connectivity index (χ1n) is 5.67. The number of carbonyl (C=O) groups excluding carboxylic acids is 1. The van der Waals surface area contributed by atoms with Crippen LogP contribution in [0.3, 0.4) is 0 Å². The lowest BCUT2D eigenvalue weighted by Crippen LogP contribution is -2.23. The molecule has 0 amide bonds. The van der Waals surface area contributed by atoms with Crippen molar-refractivity contribution in [2.24, 2.45) is 0 Å². The molecule has 1 aliphatic rings. The van der Waals surface area contributed by atoms with Gasteiger partial charge in [-0.1, -0.05) is 0 Å². The van der Waals surface area contributed by atoms with E-state index < -0.39 is 15.4 Å². The van der Waals surface area contributed by atoms with Crippen molar-refractivity contribution < 1.29 is 13.2 Å². The van der Waals surface area contributed by atoms with Crippen LogP contribution in [0.15, 0.2) is 12.3 Å². The molecule has 0 unspecified atom stereocenters. The van der Waals surface area contributed by atoms with Gasteiger partial charge in [0.15, 0.2) is 0 Å². The molecule has 1 heterocycles. The summed E-state index contributed by atoms with van der Waals surface area (Å²) in [7, 11) is -3.37. The van der Waals surface area contributed by atoms with E-state index in [1.807, 2.05) is 0 Å². The maximum Gasteiger partial charge on any atom is 0.237 e. The van der Waals surface area contributed by atoms with Crippen molar-refractivity contribution >= 4 is 22.3 Å². The zero-order chi connectivity index (χ0) is 13.4. The number of hydrogen-bond donors (Lipinski definition) is 1. The van der Waals surface area contributed by atoms with Gasteiger partial charge in [-0.05, 0) is 32.8 Å². The van der Waals surface area contributed by atoms with Crippen molar-refractivity contribution in [3.8, 4) is 0 Å². The number of aromatic nitrogens is 2. The number of sulfonamides is 1. The van der Waals surface area contributed by atoms with E-state index in [9.17, 15) is 13.2 Å². The summed E-state index contributed by atoms with van der Waals surface area (Å²) in [4.78, 5) is 18.9. The Balaban J connectivity index is 2.25. The van der Waals surface area contributed by atoms with Gasteiger partial charge in [0.1, 0.15) is 6.29 Å². The van der Waals surface area contributed by atoms with Gasteiger partial charge in [0.2, 0.25) is 16.0 Å². The molecule has 1 N–H and O–H groups in total.